The molecule has 1 aliphatic carbocycles. The van der Waals surface area contributed by atoms with Gasteiger partial charge in [0.05, 0.1) is 5.69 Å². The van der Waals surface area contributed by atoms with E-state index in [0.29, 0.717) is 5.69 Å². The fraction of sp³-hybridized carbons (Fsp3) is 0.263. The van der Waals surface area contributed by atoms with Crippen LogP contribution in [0.15, 0.2) is 35.7 Å². The number of fused-ring (bicyclic) bond motifs is 3. The van der Waals surface area contributed by atoms with Gasteiger partial charge in [-0.25, -0.2) is 0 Å². The van der Waals surface area contributed by atoms with Crippen LogP contribution in [0.2, 0.25) is 0 Å². The number of rotatable bonds is 3. The van der Waals surface area contributed by atoms with Crippen molar-refractivity contribution in [3.05, 3.63) is 57.4 Å². The van der Waals surface area contributed by atoms with Gasteiger partial charge in [0.25, 0.3) is 5.91 Å². The number of anilines is 1. The van der Waals surface area contributed by atoms with Crippen molar-refractivity contribution in [2.75, 3.05) is 5.32 Å². The van der Waals surface area contributed by atoms with Crippen molar-refractivity contribution in [2.24, 2.45) is 7.05 Å². The lowest BCUT2D eigenvalue weighted by Gasteiger charge is -2.13. The van der Waals surface area contributed by atoms with Crippen LogP contribution in [0.3, 0.4) is 0 Å². The van der Waals surface area contributed by atoms with E-state index in [9.17, 15) is 4.79 Å². The van der Waals surface area contributed by atoms with Gasteiger partial charge in [-0.05, 0) is 48.4 Å². The molecule has 0 fully saturated rings. The highest BCUT2D eigenvalue weighted by Gasteiger charge is 2.27. The number of aromatic nitrogens is 2. The van der Waals surface area contributed by atoms with Gasteiger partial charge in [0.15, 0.2) is 5.69 Å². The Morgan fingerprint density at radius 1 is 1.25 bits per heavy atom. The average Bonchev–Trinajstić information content (AvgIpc) is 3.19. The largest absolute Gasteiger partial charge is 0.321 e. The summed E-state index contributed by atoms with van der Waals surface area (Å²) < 4.78 is 1.84. The van der Waals surface area contributed by atoms with Crippen LogP contribution in [-0.4, -0.2) is 15.7 Å². The van der Waals surface area contributed by atoms with E-state index in [0.717, 1.165) is 36.2 Å². The van der Waals surface area contributed by atoms with E-state index in [2.05, 4.69) is 28.8 Å². The molecule has 0 spiro atoms. The smallest absolute Gasteiger partial charge is 0.276 e. The third-order valence-electron chi connectivity index (χ3n) is 4.58. The molecule has 2 heterocycles. The van der Waals surface area contributed by atoms with Gasteiger partial charge < -0.3 is 5.32 Å². The molecular formula is C19H19N3OS. The van der Waals surface area contributed by atoms with Crippen LogP contribution >= 0.6 is 11.3 Å². The molecule has 0 unspecified atom stereocenters. The highest BCUT2D eigenvalue weighted by atomic mass is 32.1. The first-order chi connectivity index (χ1) is 11.7. The highest BCUT2D eigenvalue weighted by Crippen LogP contribution is 2.37. The quantitative estimate of drug-likeness (QED) is 0.783. The van der Waals surface area contributed by atoms with Crippen LogP contribution in [0.5, 0.6) is 0 Å². The number of carbonyl (C=O) groups excluding carboxylic acids is 1. The monoisotopic (exact) mass is 337 g/mol. The third-order valence-corrected chi connectivity index (χ3v) is 5.56. The van der Waals surface area contributed by atoms with E-state index in [-0.39, 0.29) is 5.91 Å². The van der Waals surface area contributed by atoms with Gasteiger partial charge in [0, 0.05) is 28.7 Å². The number of carbonyl (C=O) groups is 1. The summed E-state index contributed by atoms with van der Waals surface area (Å²) in [6, 6.07) is 10.1. The summed E-state index contributed by atoms with van der Waals surface area (Å²) in [5, 5.41) is 9.60. The van der Waals surface area contributed by atoms with Crippen LogP contribution in [0, 0.1) is 0 Å². The van der Waals surface area contributed by atoms with Crippen molar-refractivity contribution in [3.8, 4) is 11.3 Å². The molecule has 5 heteroatoms. The van der Waals surface area contributed by atoms with Crippen LogP contribution < -0.4 is 5.32 Å². The second-order valence-corrected chi connectivity index (χ2v) is 7.06. The predicted molar refractivity (Wildman–Crippen MR) is 97.7 cm³/mol. The maximum Gasteiger partial charge on any atom is 0.276 e. The van der Waals surface area contributed by atoms with Gasteiger partial charge in [-0.1, -0.05) is 19.1 Å². The SMILES string of the molecule is CCc1ccc(NC(=O)c2nn(C)c3c2CCc2sccc2-3)cc1. The summed E-state index contributed by atoms with van der Waals surface area (Å²) in [4.78, 5) is 14.1. The predicted octanol–water partition coefficient (Wildman–Crippen LogP) is 4.06. The topological polar surface area (TPSA) is 46.9 Å². The summed E-state index contributed by atoms with van der Waals surface area (Å²) in [6.45, 7) is 2.12. The van der Waals surface area contributed by atoms with Crippen molar-refractivity contribution >= 4 is 22.9 Å². The molecular weight excluding hydrogens is 318 g/mol. The van der Waals surface area contributed by atoms with E-state index in [4.69, 9.17) is 0 Å². The van der Waals surface area contributed by atoms with Crippen LogP contribution in [-0.2, 0) is 26.3 Å². The van der Waals surface area contributed by atoms with Gasteiger partial charge in [0.1, 0.15) is 0 Å². The lowest BCUT2D eigenvalue weighted by Crippen LogP contribution is -2.15. The van der Waals surface area contributed by atoms with Gasteiger partial charge in [-0.15, -0.1) is 11.3 Å². The maximum atomic E-state index is 12.7. The lowest BCUT2D eigenvalue weighted by atomic mass is 9.94. The number of amides is 1. The van der Waals surface area contributed by atoms with Gasteiger partial charge in [-0.3, -0.25) is 9.48 Å². The Morgan fingerprint density at radius 3 is 2.79 bits per heavy atom. The maximum absolute atomic E-state index is 12.7. The molecule has 4 nitrogen and oxygen atoms in total. The summed E-state index contributed by atoms with van der Waals surface area (Å²) in [5.41, 5.74) is 5.98. The second-order valence-electron chi connectivity index (χ2n) is 6.06. The van der Waals surface area contributed by atoms with E-state index < -0.39 is 0 Å². The molecule has 3 aromatic rings. The molecule has 0 radical (unpaired) electrons. The standard InChI is InChI=1S/C19H19N3OS/c1-3-12-4-6-13(7-5-12)20-19(23)17-15-8-9-16-14(10-11-24-16)18(15)22(2)21-17/h4-7,10-11H,3,8-9H2,1-2H3,(H,20,23). The van der Waals surface area contributed by atoms with Gasteiger partial charge in [-0.2, -0.15) is 5.10 Å². The number of nitrogens with one attached hydrogen (secondary N) is 1. The minimum absolute atomic E-state index is 0.130. The first kappa shape index (κ1) is 15.1. The second kappa shape index (κ2) is 5.91. The van der Waals surface area contributed by atoms with Crippen molar-refractivity contribution in [1.82, 2.24) is 9.78 Å². The normalized spacial score (nSPS) is 12.6. The van der Waals surface area contributed by atoms with Crippen LogP contribution in [0.25, 0.3) is 11.3 Å². The van der Waals surface area contributed by atoms with Crippen LogP contribution in [0.1, 0.15) is 33.4 Å². The average molecular weight is 337 g/mol. The first-order valence-corrected chi connectivity index (χ1v) is 9.08. The van der Waals surface area contributed by atoms with Crippen LogP contribution in [0.4, 0.5) is 5.69 Å². The third kappa shape index (κ3) is 2.45. The first-order valence-electron chi connectivity index (χ1n) is 8.20. The number of nitrogens with zero attached hydrogens (tertiary/aromatic N) is 2. The van der Waals surface area contributed by atoms with E-state index in [1.54, 1.807) is 11.3 Å². The molecule has 0 saturated heterocycles. The summed E-state index contributed by atoms with van der Waals surface area (Å²) in [6.07, 6.45) is 2.84. The Labute approximate surface area is 145 Å². The van der Waals surface area contributed by atoms with E-state index >= 15 is 0 Å². The minimum atomic E-state index is -0.130. The van der Waals surface area contributed by atoms with Crippen molar-refractivity contribution in [2.45, 2.75) is 26.2 Å². The molecule has 0 saturated carbocycles. The molecule has 2 aromatic heterocycles. The Balaban J connectivity index is 1.65. The summed E-state index contributed by atoms with van der Waals surface area (Å²) in [7, 11) is 1.92. The molecule has 0 atom stereocenters. The molecule has 1 amide bonds. The zero-order valence-corrected chi connectivity index (χ0v) is 14.6. The van der Waals surface area contributed by atoms with Crippen molar-refractivity contribution < 1.29 is 4.79 Å². The number of hydrogen-bond acceptors (Lipinski definition) is 3. The van der Waals surface area contributed by atoms with E-state index in [1.807, 2.05) is 36.0 Å². The van der Waals surface area contributed by atoms with Gasteiger partial charge >= 0.3 is 0 Å². The fourth-order valence-corrected chi connectivity index (χ4v) is 4.20. The Bertz CT molecular complexity index is 905. The Morgan fingerprint density at radius 2 is 2.04 bits per heavy atom. The minimum Gasteiger partial charge on any atom is -0.321 e. The van der Waals surface area contributed by atoms with Crippen molar-refractivity contribution in [1.29, 1.82) is 0 Å². The molecule has 24 heavy (non-hydrogen) atoms. The molecule has 0 bridgehead atoms. The van der Waals surface area contributed by atoms with Gasteiger partial charge in [0.2, 0.25) is 0 Å². The number of hydrogen-bond donors (Lipinski definition) is 1. The van der Waals surface area contributed by atoms with Crippen molar-refractivity contribution in [3.63, 3.8) is 0 Å². The zero-order valence-electron chi connectivity index (χ0n) is 13.8. The molecule has 0 aliphatic heterocycles. The lowest BCUT2D eigenvalue weighted by molar-refractivity contribution is 0.102. The summed E-state index contributed by atoms with van der Waals surface area (Å²) >= 11 is 1.78. The summed E-state index contributed by atoms with van der Waals surface area (Å²) in [5.74, 6) is -0.130. The molecule has 1 aliphatic rings. The number of aryl methyl sites for hydroxylation is 3. The molecule has 4 rings (SSSR count). The Kier molecular flexibility index (Phi) is 3.73. The molecule has 1 N–H and O–H groups in total. The van der Waals surface area contributed by atoms with E-state index in [1.165, 1.54) is 16.0 Å². The number of thiophene rings is 1. The zero-order chi connectivity index (χ0) is 16.7. The molecule has 1 aromatic carbocycles. The highest BCUT2D eigenvalue weighted by molar-refractivity contribution is 7.10. The fourth-order valence-electron chi connectivity index (χ4n) is 3.32. The number of benzene rings is 1. The molecule has 122 valence electrons. The Hall–Kier alpha value is -2.40.